The second-order valence-corrected chi connectivity index (χ2v) is 6.78. The van der Waals surface area contributed by atoms with Gasteiger partial charge < -0.3 is 23.7 Å². The Bertz CT molecular complexity index is 823. The molecule has 1 aliphatic rings. The number of carbonyl (C=O) groups excluding carboxylic acids is 4. The van der Waals surface area contributed by atoms with E-state index in [2.05, 4.69) is 4.99 Å². The van der Waals surface area contributed by atoms with E-state index in [4.69, 9.17) is 23.7 Å². The lowest BCUT2D eigenvalue weighted by molar-refractivity contribution is -0.266. The van der Waals surface area contributed by atoms with Gasteiger partial charge in [0.1, 0.15) is 12.7 Å². The molecule has 1 aromatic carbocycles. The lowest BCUT2D eigenvalue weighted by Gasteiger charge is -2.42. The molecule has 0 N–H and O–H groups in total. The summed E-state index contributed by atoms with van der Waals surface area (Å²) in [5, 5.41) is 0. The van der Waals surface area contributed by atoms with Crippen LogP contribution in [0.25, 0.3) is 0 Å². The van der Waals surface area contributed by atoms with Crippen LogP contribution in [-0.2, 0) is 42.9 Å². The van der Waals surface area contributed by atoms with Crippen molar-refractivity contribution >= 4 is 30.1 Å². The van der Waals surface area contributed by atoms with Crippen LogP contribution in [0.3, 0.4) is 0 Å². The largest absolute Gasteiger partial charge is 0.463 e. The number of hydrogen-bond donors (Lipinski definition) is 0. The van der Waals surface area contributed by atoms with E-state index in [0.29, 0.717) is 0 Å². The van der Waals surface area contributed by atoms with Crippen molar-refractivity contribution in [2.45, 2.75) is 58.3 Å². The molecule has 2 rings (SSSR count). The lowest BCUT2D eigenvalue weighted by atomic mass is 9.96. The fourth-order valence-electron chi connectivity index (χ4n) is 3.01. The Morgan fingerprint density at radius 1 is 0.871 bits per heavy atom. The van der Waals surface area contributed by atoms with Crippen LogP contribution < -0.4 is 0 Å². The molecule has 10 nitrogen and oxygen atoms in total. The van der Waals surface area contributed by atoms with Gasteiger partial charge in [-0.05, 0) is 5.56 Å². The van der Waals surface area contributed by atoms with Crippen LogP contribution in [0, 0.1) is 0 Å². The fourth-order valence-corrected chi connectivity index (χ4v) is 3.01. The zero-order chi connectivity index (χ0) is 23.0. The van der Waals surface area contributed by atoms with E-state index in [9.17, 15) is 19.2 Å². The highest BCUT2D eigenvalue weighted by Crippen LogP contribution is 2.30. The minimum Gasteiger partial charge on any atom is -0.463 e. The van der Waals surface area contributed by atoms with E-state index in [0.717, 1.165) is 5.56 Å². The summed E-state index contributed by atoms with van der Waals surface area (Å²) >= 11 is 0. The number of esters is 4. The molecule has 1 aliphatic heterocycles. The number of aliphatic imine (C=N–C) groups is 1. The Hall–Kier alpha value is -3.27. The van der Waals surface area contributed by atoms with Crippen molar-refractivity contribution in [3.8, 4) is 0 Å². The van der Waals surface area contributed by atoms with Gasteiger partial charge in [-0.25, -0.2) is 0 Å². The van der Waals surface area contributed by atoms with Gasteiger partial charge in [0.25, 0.3) is 0 Å². The van der Waals surface area contributed by atoms with Gasteiger partial charge in [-0.3, -0.25) is 24.2 Å². The van der Waals surface area contributed by atoms with Crippen molar-refractivity contribution < 1.29 is 42.9 Å². The van der Waals surface area contributed by atoms with Gasteiger partial charge in [-0.2, -0.15) is 0 Å². The predicted molar refractivity (Wildman–Crippen MR) is 106 cm³/mol. The minimum absolute atomic E-state index is 0.321. The summed E-state index contributed by atoms with van der Waals surface area (Å²) in [5.41, 5.74) is 0.733. The van der Waals surface area contributed by atoms with E-state index < -0.39 is 54.5 Å². The second-order valence-electron chi connectivity index (χ2n) is 6.78. The predicted octanol–water partition coefficient (Wildman–Crippen LogP) is 1.19. The maximum atomic E-state index is 11.8. The Labute approximate surface area is 179 Å². The Morgan fingerprint density at radius 3 is 2.00 bits per heavy atom. The van der Waals surface area contributed by atoms with E-state index >= 15 is 0 Å². The Balaban J connectivity index is 2.45. The standard InChI is InChI=1S/C21H25NO9/c1-12(23)27-11-17-19(28-13(2)24)20(29-14(3)25)18(21(31-17)30-15(4)26)22-10-16-8-6-5-7-9-16/h5-10,17-21H,11H2,1-4H3/t17-,18-,19-,20-,21?/m1/s1. The molecule has 0 aromatic heterocycles. The lowest BCUT2D eigenvalue weighted by Crippen LogP contribution is -2.61. The van der Waals surface area contributed by atoms with Crippen LogP contribution in [0.4, 0.5) is 0 Å². The van der Waals surface area contributed by atoms with Gasteiger partial charge >= 0.3 is 23.9 Å². The van der Waals surface area contributed by atoms with E-state index in [1.807, 2.05) is 18.2 Å². The molecule has 1 saturated heterocycles. The Kier molecular flexibility index (Phi) is 8.68. The number of hydrogen-bond acceptors (Lipinski definition) is 10. The molecule has 31 heavy (non-hydrogen) atoms. The highest BCUT2D eigenvalue weighted by Gasteiger charge is 2.51. The van der Waals surface area contributed by atoms with Crippen molar-refractivity contribution in [1.29, 1.82) is 0 Å². The molecule has 0 radical (unpaired) electrons. The molecular weight excluding hydrogens is 410 g/mol. The highest BCUT2D eigenvalue weighted by atomic mass is 16.7. The van der Waals surface area contributed by atoms with E-state index in [1.165, 1.54) is 33.9 Å². The van der Waals surface area contributed by atoms with Crippen LogP contribution in [0.1, 0.15) is 33.3 Å². The van der Waals surface area contributed by atoms with Crippen LogP contribution in [-0.4, -0.2) is 67.3 Å². The number of rotatable bonds is 7. The number of benzene rings is 1. The molecule has 0 spiro atoms. The molecule has 10 heteroatoms. The quantitative estimate of drug-likeness (QED) is 0.352. The molecule has 1 heterocycles. The van der Waals surface area contributed by atoms with Crippen molar-refractivity contribution in [1.82, 2.24) is 0 Å². The zero-order valence-electron chi connectivity index (χ0n) is 17.7. The summed E-state index contributed by atoms with van der Waals surface area (Å²) in [6.45, 7) is 4.41. The average molecular weight is 435 g/mol. The molecule has 1 unspecified atom stereocenters. The van der Waals surface area contributed by atoms with Gasteiger partial charge in [0.2, 0.25) is 6.29 Å². The van der Waals surface area contributed by atoms with Crippen molar-refractivity contribution in [2.75, 3.05) is 6.61 Å². The monoisotopic (exact) mass is 435 g/mol. The van der Waals surface area contributed by atoms with Crippen molar-refractivity contribution in [3.05, 3.63) is 35.9 Å². The van der Waals surface area contributed by atoms with Gasteiger partial charge in [0, 0.05) is 33.9 Å². The molecule has 0 bridgehead atoms. The molecule has 168 valence electrons. The van der Waals surface area contributed by atoms with E-state index in [1.54, 1.807) is 12.1 Å². The zero-order valence-corrected chi connectivity index (χ0v) is 17.7. The second kappa shape index (κ2) is 11.2. The molecule has 0 amide bonds. The smallest absolute Gasteiger partial charge is 0.305 e. The van der Waals surface area contributed by atoms with Crippen molar-refractivity contribution in [3.63, 3.8) is 0 Å². The SMILES string of the molecule is CC(=O)OC[C@H]1OC(OC(C)=O)[C@H](N=Cc2ccccc2)[C@@H](OC(C)=O)[C@@H]1OC(C)=O. The highest BCUT2D eigenvalue weighted by molar-refractivity contribution is 5.79. The molecule has 5 atom stereocenters. The molecule has 1 aromatic rings. The fraction of sp³-hybridized carbons (Fsp3) is 0.476. The first-order valence-corrected chi connectivity index (χ1v) is 9.56. The van der Waals surface area contributed by atoms with Crippen molar-refractivity contribution in [2.24, 2.45) is 4.99 Å². The third-order valence-corrected chi connectivity index (χ3v) is 4.15. The minimum atomic E-state index is -1.28. The van der Waals surface area contributed by atoms with Crippen LogP contribution >= 0.6 is 0 Å². The molecule has 0 saturated carbocycles. The maximum absolute atomic E-state index is 11.8. The molecule has 0 aliphatic carbocycles. The van der Waals surface area contributed by atoms with Gasteiger partial charge in [-0.1, -0.05) is 30.3 Å². The van der Waals surface area contributed by atoms with Crippen LogP contribution in [0.2, 0.25) is 0 Å². The summed E-state index contributed by atoms with van der Waals surface area (Å²) < 4.78 is 26.8. The first-order valence-electron chi connectivity index (χ1n) is 9.56. The average Bonchev–Trinajstić information content (AvgIpc) is 2.67. The topological polar surface area (TPSA) is 127 Å². The normalized spacial score (nSPS) is 25.5. The number of nitrogens with zero attached hydrogens (tertiary/aromatic N) is 1. The third kappa shape index (κ3) is 7.49. The summed E-state index contributed by atoms with van der Waals surface area (Å²) in [6, 6.07) is 7.99. The number of carbonyl (C=O) groups is 4. The maximum Gasteiger partial charge on any atom is 0.305 e. The molecule has 1 fully saturated rings. The first kappa shape index (κ1) is 24.0. The summed E-state index contributed by atoms with van der Waals surface area (Å²) in [5.74, 6) is -2.60. The van der Waals surface area contributed by atoms with Gasteiger partial charge in [0.15, 0.2) is 18.2 Å². The molecular formula is C21H25NO9. The summed E-state index contributed by atoms with van der Waals surface area (Å²) in [7, 11) is 0. The number of ether oxygens (including phenoxy) is 5. The van der Waals surface area contributed by atoms with Gasteiger partial charge in [-0.15, -0.1) is 0 Å². The first-order chi connectivity index (χ1) is 14.7. The Morgan fingerprint density at radius 2 is 1.45 bits per heavy atom. The van der Waals surface area contributed by atoms with Gasteiger partial charge in [0.05, 0.1) is 0 Å². The summed E-state index contributed by atoms with van der Waals surface area (Å²) in [4.78, 5) is 50.9. The third-order valence-electron chi connectivity index (χ3n) is 4.15. The summed E-state index contributed by atoms with van der Waals surface area (Å²) in [6.07, 6.45) is -3.18. The van der Waals surface area contributed by atoms with E-state index in [-0.39, 0.29) is 6.61 Å². The van der Waals surface area contributed by atoms with Crippen LogP contribution in [0.15, 0.2) is 35.3 Å². The van der Waals surface area contributed by atoms with Crippen LogP contribution in [0.5, 0.6) is 0 Å².